The monoisotopic (exact) mass is 427 g/mol. The van der Waals surface area contributed by atoms with Crippen molar-refractivity contribution in [2.75, 3.05) is 26.7 Å². The van der Waals surface area contributed by atoms with Crippen LogP contribution in [0.2, 0.25) is 0 Å². The molecule has 0 unspecified atom stereocenters. The molecule has 0 aliphatic rings. The summed E-state index contributed by atoms with van der Waals surface area (Å²) in [5.74, 6) is 0.640. The summed E-state index contributed by atoms with van der Waals surface area (Å²) in [5, 5.41) is 7.63. The van der Waals surface area contributed by atoms with Gasteiger partial charge in [-0.05, 0) is 49.1 Å². The van der Waals surface area contributed by atoms with Crippen LogP contribution in [0.3, 0.4) is 0 Å². The zero-order chi connectivity index (χ0) is 21.6. The number of nitrogens with one attached hydrogen (secondary N) is 4. The van der Waals surface area contributed by atoms with Crippen molar-refractivity contribution in [3.63, 3.8) is 0 Å². The van der Waals surface area contributed by atoms with Gasteiger partial charge in [0, 0.05) is 43.8 Å². The molecule has 0 atom stereocenters. The first-order valence-corrected chi connectivity index (χ1v) is 11.5. The summed E-state index contributed by atoms with van der Waals surface area (Å²) in [6.07, 6.45) is 2.88. The topological polar surface area (TPSA) is 98.4 Å². The zero-order valence-electron chi connectivity index (χ0n) is 17.6. The number of benzene rings is 2. The average molecular weight is 428 g/mol. The quantitative estimate of drug-likeness (QED) is 0.252. The summed E-state index contributed by atoms with van der Waals surface area (Å²) in [4.78, 5) is 7.80. The third-order valence-corrected chi connectivity index (χ3v) is 6.53. The Labute approximate surface area is 178 Å². The van der Waals surface area contributed by atoms with Gasteiger partial charge in [-0.25, -0.2) is 13.1 Å². The van der Waals surface area contributed by atoms with E-state index in [2.05, 4.69) is 37.5 Å². The molecule has 0 amide bonds. The number of nitrogens with zero attached hydrogens (tertiary/aromatic N) is 1. The van der Waals surface area contributed by atoms with E-state index in [4.69, 9.17) is 0 Å². The van der Waals surface area contributed by atoms with E-state index in [1.54, 1.807) is 20.0 Å². The van der Waals surface area contributed by atoms with Gasteiger partial charge in [0.2, 0.25) is 10.0 Å². The molecule has 160 valence electrons. The van der Waals surface area contributed by atoms with E-state index >= 15 is 0 Å². The van der Waals surface area contributed by atoms with E-state index in [0.29, 0.717) is 17.4 Å². The van der Waals surface area contributed by atoms with Crippen LogP contribution >= 0.6 is 0 Å². The second kappa shape index (κ2) is 9.77. The summed E-state index contributed by atoms with van der Waals surface area (Å²) in [7, 11) is -1.84. The molecule has 0 spiro atoms. The van der Waals surface area contributed by atoms with Gasteiger partial charge < -0.3 is 15.6 Å². The standard InChI is InChI=1S/C22H29N5O2S/c1-16-8-9-17(2)21(14-16)30(28,29)27-13-12-25-22(23-3)24-11-10-18-15-26-20-7-5-4-6-19(18)20/h4-9,14-15,26-27H,10-13H2,1-3H3,(H2,23,24,25). The Bertz CT molecular complexity index is 1140. The van der Waals surface area contributed by atoms with Crippen molar-refractivity contribution in [2.24, 2.45) is 4.99 Å². The molecule has 0 fully saturated rings. The lowest BCUT2D eigenvalue weighted by atomic mass is 10.1. The average Bonchev–Trinajstić information content (AvgIpc) is 3.14. The van der Waals surface area contributed by atoms with Crippen molar-refractivity contribution in [1.82, 2.24) is 20.3 Å². The third-order valence-electron chi connectivity index (χ3n) is 4.93. The highest BCUT2D eigenvalue weighted by Gasteiger charge is 2.16. The van der Waals surface area contributed by atoms with Gasteiger partial charge in [0.05, 0.1) is 4.90 Å². The number of aromatic nitrogens is 1. The van der Waals surface area contributed by atoms with Crippen LogP contribution in [0.5, 0.6) is 0 Å². The molecule has 0 saturated carbocycles. The first kappa shape index (κ1) is 21.9. The van der Waals surface area contributed by atoms with Crippen LogP contribution in [0, 0.1) is 13.8 Å². The van der Waals surface area contributed by atoms with Crippen LogP contribution in [-0.4, -0.2) is 46.0 Å². The van der Waals surface area contributed by atoms with Gasteiger partial charge in [-0.2, -0.15) is 0 Å². The van der Waals surface area contributed by atoms with Crippen LogP contribution in [0.4, 0.5) is 0 Å². The normalized spacial score (nSPS) is 12.3. The van der Waals surface area contributed by atoms with E-state index < -0.39 is 10.0 Å². The molecule has 30 heavy (non-hydrogen) atoms. The fourth-order valence-corrected chi connectivity index (χ4v) is 4.67. The van der Waals surface area contributed by atoms with Gasteiger partial charge in [-0.3, -0.25) is 4.99 Å². The van der Waals surface area contributed by atoms with Crippen molar-refractivity contribution >= 4 is 26.9 Å². The van der Waals surface area contributed by atoms with Gasteiger partial charge in [0.1, 0.15) is 0 Å². The SMILES string of the molecule is CN=C(NCCNS(=O)(=O)c1cc(C)ccc1C)NCCc1c[nH]c2ccccc12. The molecule has 0 aliphatic carbocycles. The molecule has 4 N–H and O–H groups in total. The Morgan fingerprint density at radius 3 is 2.60 bits per heavy atom. The van der Waals surface area contributed by atoms with Gasteiger partial charge >= 0.3 is 0 Å². The van der Waals surface area contributed by atoms with Crippen LogP contribution in [0.15, 0.2) is 58.5 Å². The molecule has 3 rings (SSSR count). The molecule has 3 aromatic rings. The molecule has 1 aromatic heterocycles. The van der Waals surface area contributed by atoms with Crippen molar-refractivity contribution in [1.29, 1.82) is 0 Å². The van der Waals surface area contributed by atoms with Crippen molar-refractivity contribution < 1.29 is 8.42 Å². The summed E-state index contributed by atoms with van der Waals surface area (Å²) in [6, 6.07) is 13.6. The van der Waals surface area contributed by atoms with Crippen LogP contribution in [-0.2, 0) is 16.4 Å². The maximum absolute atomic E-state index is 12.5. The Kier molecular flexibility index (Phi) is 7.12. The zero-order valence-corrected chi connectivity index (χ0v) is 18.4. The van der Waals surface area contributed by atoms with Crippen LogP contribution in [0.1, 0.15) is 16.7 Å². The number of hydrogen-bond acceptors (Lipinski definition) is 3. The second-order valence-corrected chi connectivity index (χ2v) is 8.94. The summed E-state index contributed by atoms with van der Waals surface area (Å²) >= 11 is 0. The summed E-state index contributed by atoms with van der Waals surface area (Å²) in [6.45, 7) is 5.09. The van der Waals surface area contributed by atoms with E-state index in [1.165, 1.54) is 10.9 Å². The minimum absolute atomic E-state index is 0.263. The Balaban J connectivity index is 1.45. The lowest BCUT2D eigenvalue weighted by Gasteiger charge is -2.13. The summed E-state index contributed by atoms with van der Waals surface area (Å²) < 4.78 is 27.7. The Hall–Kier alpha value is -2.84. The van der Waals surface area contributed by atoms with Crippen molar-refractivity contribution in [2.45, 2.75) is 25.2 Å². The van der Waals surface area contributed by atoms with Crippen LogP contribution in [0.25, 0.3) is 10.9 Å². The Morgan fingerprint density at radius 1 is 1.03 bits per heavy atom. The van der Waals surface area contributed by atoms with Crippen LogP contribution < -0.4 is 15.4 Å². The van der Waals surface area contributed by atoms with E-state index in [9.17, 15) is 8.42 Å². The third kappa shape index (κ3) is 5.40. The number of sulfonamides is 1. The van der Waals surface area contributed by atoms with Crippen molar-refractivity contribution in [3.8, 4) is 0 Å². The molecule has 8 heteroatoms. The van der Waals surface area contributed by atoms with Gasteiger partial charge in [-0.15, -0.1) is 0 Å². The lowest BCUT2D eigenvalue weighted by molar-refractivity contribution is 0.580. The molecule has 0 saturated heterocycles. The highest BCUT2D eigenvalue weighted by Crippen LogP contribution is 2.18. The second-order valence-electron chi connectivity index (χ2n) is 7.20. The van der Waals surface area contributed by atoms with Gasteiger partial charge in [-0.1, -0.05) is 30.3 Å². The molecule has 7 nitrogen and oxygen atoms in total. The number of rotatable bonds is 8. The highest BCUT2D eigenvalue weighted by atomic mass is 32.2. The molecule has 0 bridgehead atoms. The van der Waals surface area contributed by atoms with Crippen molar-refractivity contribution in [3.05, 3.63) is 65.4 Å². The van der Waals surface area contributed by atoms with Gasteiger partial charge in [0.25, 0.3) is 0 Å². The Morgan fingerprint density at radius 2 is 1.80 bits per heavy atom. The van der Waals surface area contributed by atoms with E-state index in [0.717, 1.165) is 29.6 Å². The largest absolute Gasteiger partial charge is 0.361 e. The minimum atomic E-state index is -3.54. The highest BCUT2D eigenvalue weighted by molar-refractivity contribution is 7.89. The number of para-hydroxylation sites is 1. The van der Waals surface area contributed by atoms with E-state index in [1.807, 2.05) is 37.4 Å². The number of aryl methyl sites for hydroxylation is 2. The predicted molar refractivity (Wildman–Crippen MR) is 122 cm³/mol. The fourth-order valence-electron chi connectivity index (χ4n) is 3.32. The molecule has 0 radical (unpaired) electrons. The predicted octanol–water partition coefficient (Wildman–Crippen LogP) is 2.47. The number of hydrogen-bond donors (Lipinski definition) is 4. The smallest absolute Gasteiger partial charge is 0.240 e. The van der Waals surface area contributed by atoms with E-state index in [-0.39, 0.29) is 6.54 Å². The molecule has 0 aliphatic heterocycles. The number of H-pyrrole nitrogens is 1. The number of fused-ring (bicyclic) bond motifs is 1. The summed E-state index contributed by atoms with van der Waals surface area (Å²) in [5.41, 5.74) is 4.02. The maximum Gasteiger partial charge on any atom is 0.240 e. The molecular weight excluding hydrogens is 398 g/mol. The fraction of sp³-hybridized carbons (Fsp3) is 0.318. The number of aromatic amines is 1. The maximum atomic E-state index is 12.5. The first-order chi connectivity index (χ1) is 14.4. The minimum Gasteiger partial charge on any atom is -0.361 e. The number of aliphatic imine (C=N–C) groups is 1. The lowest BCUT2D eigenvalue weighted by Crippen LogP contribution is -2.42. The first-order valence-electron chi connectivity index (χ1n) is 9.97. The van der Waals surface area contributed by atoms with Gasteiger partial charge in [0.15, 0.2) is 5.96 Å². The number of guanidine groups is 1. The molecule has 1 heterocycles. The molecule has 2 aromatic carbocycles. The molecular formula is C22H29N5O2S.